The van der Waals surface area contributed by atoms with Crippen molar-refractivity contribution in [3.05, 3.63) is 97.1 Å². The number of ether oxygens (including phenoxy) is 2. The van der Waals surface area contributed by atoms with E-state index in [4.69, 9.17) is 24.4 Å². The van der Waals surface area contributed by atoms with E-state index in [1.165, 1.54) is 10.6 Å². The van der Waals surface area contributed by atoms with Gasteiger partial charge in [0.15, 0.2) is 0 Å². The van der Waals surface area contributed by atoms with Gasteiger partial charge in [0, 0.05) is 37.8 Å². The van der Waals surface area contributed by atoms with E-state index in [2.05, 4.69) is 48.5 Å². The summed E-state index contributed by atoms with van der Waals surface area (Å²) >= 11 is 0. The number of aliphatic hydroxyl groups is 1. The second kappa shape index (κ2) is 11.1. The Kier molecular flexibility index (Phi) is 7.93. The van der Waals surface area contributed by atoms with Crippen molar-refractivity contribution in [2.24, 2.45) is 0 Å². The van der Waals surface area contributed by atoms with Crippen LogP contribution in [0.5, 0.6) is 23.0 Å². The summed E-state index contributed by atoms with van der Waals surface area (Å²) in [4.78, 5) is 12.9. The fourth-order valence-corrected chi connectivity index (χ4v) is 6.83. The molecular formula is C29H21IrNO4P-. The molecule has 0 amide bonds. The number of nitrogens with zero attached hydrogens (tertiary/aromatic N) is 1. The van der Waals surface area contributed by atoms with E-state index in [0.29, 0.717) is 0 Å². The SMILES string of the molecule is C=O.CO.[Ir].[c-]1c(-c2ccc3ccccc3n2)cc2c3c1Oc1ccccc1P3c1ccccc1O2. The minimum atomic E-state index is -0.762. The standard InChI is InChI=1S/C27H15NO2P.CH4O.CH2O.Ir/c1-2-8-19-17(7-1)13-14-20(28-19)18-15-23-27-24(16-18)30-22-10-4-6-12-26(22)31(27)25-11-5-3-9-21(25)29-23;2*1-2;/h1-15H;2H,1H3;1H2;/q-1;;;. The minimum absolute atomic E-state index is 0. The van der Waals surface area contributed by atoms with Gasteiger partial charge in [0.05, 0.1) is 17.0 Å². The molecule has 1 unspecified atom stereocenters. The molecule has 3 heterocycles. The van der Waals surface area contributed by atoms with Gasteiger partial charge in [0.2, 0.25) is 0 Å². The Hall–Kier alpha value is -3.40. The van der Waals surface area contributed by atoms with Crippen LogP contribution >= 0.6 is 7.92 Å². The molecule has 0 saturated carbocycles. The number of hydrogen-bond acceptors (Lipinski definition) is 5. The van der Waals surface area contributed by atoms with Gasteiger partial charge in [-0.3, -0.25) is 4.98 Å². The second-order valence-electron chi connectivity index (χ2n) is 7.59. The zero-order chi connectivity index (χ0) is 24.4. The average Bonchev–Trinajstić information content (AvgIpc) is 2.94. The van der Waals surface area contributed by atoms with Crippen molar-refractivity contribution in [2.45, 2.75) is 0 Å². The molecule has 2 aliphatic heterocycles. The van der Waals surface area contributed by atoms with Crippen molar-refractivity contribution in [1.29, 1.82) is 0 Å². The van der Waals surface area contributed by atoms with Gasteiger partial charge in [0.1, 0.15) is 18.3 Å². The summed E-state index contributed by atoms with van der Waals surface area (Å²) in [6.45, 7) is 2.00. The zero-order valence-electron chi connectivity index (χ0n) is 19.3. The van der Waals surface area contributed by atoms with Crippen LogP contribution in [0.4, 0.5) is 0 Å². The van der Waals surface area contributed by atoms with E-state index < -0.39 is 7.92 Å². The summed E-state index contributed by atoms with van der Waals surface area (Å²) < 4.78 is 12.7. The smallest absolute Gasteiger partial charge is 0.132 e. The topological polar surface area (TPSA) is 68.7 Å². The van der Waals surface area contributed by atoms with Crippen molar-refractivity contribution in [3.8, 4) is 34.3 Å². The van der Waals surface area contributed by atoms with Gasteiger partial charge < -0.3 is 19.4 Å². The number of fused-ring (bicyclic) bond motifs is 5. The maximum Gasteiger partial charge on any atom is 0.132 e. The molecule has 1 aromatic heterocycles. The first-order valence-electron chi connectivity index (χ1n) is 10.9. The molecule has 0 saturated heterocycles. The third-order valence-electron chi connectivity index (χ3n) is 5.71. The van der Waals surface area contributed by atoms with Gasteiger partial charge in [-0.15, -0.1) is 5.56 Å². The van der Waals surface area contributed by atoms with Crippen molar-refractivity contribution < 1.29 is 39.5 Å². The molecule has 7 heteroatoms. The molecule has 181 valence electrons. The molecule has 2 aliphatic rings. The molecular weight excluding hydrogens is 650 g/mol. The second-order valence-corrected chi connectivity index (χ2v) is 9.67. The first kappa shape index (κ1) is 25.7. The fourth-order valence-electron chi connectivity index (χ4n) is 4.30. The van der Waals surface area contributed by atoms with Crippen molar-refractivity contribution in [1.82, 2.24) is 4.98 Å². The summed E-state index contributed by atoms with van der Waals surface area (Å²) in [5, 5.41) is 11.6. The predicted octanol–water partition coefficient (Wildman–Crippen LogP) is 5.09. The Morgan fingerprint density at radius 1 is 0.778 bits per heavy atom. The van der Waals surface area contributed by atoms with Crippen molar-refractivity contribution >= 4 is 41.5 Å². The van der Waals surface area contributed by atoms with Crippen LogP contribution in [-0.2, 0) is 24.9 Å². The zero-order valence-corrected chi connectivity index (χ0v) is 22.6. The monoisotopic (exact) mass is 671 g/mol. The van der Waals surface area contributed by atoms with E-state index >= 15 is 0 Å². The minimum Gasteiger partial charge on any atom is -0.476 e. The van der Waals surface area contributed by atoms with Crippen molar-refractivity contribution in [3.63, 3.8) is 0 Å². The summed E-state index contributed by atoms with van der Waals surface area (Å²) in [6.07, 6.45) is 0. The van der Waals surface area contributed by atoms with E-state index in [0.717, 1.165) is 57.6 Å². The predicted molar refractivity (Wildman–Crippen MR) is 140 cm³/mol. The number of carbonyl (C=O) groups excluding carboxylic acids is 1. The van der Waals surface area contributed by atoms with Crippen LogP contribution < -0.4 is 25.4 Å². The van der Waals surface area contributed by atoms with Gasteiger partial charge in [-0.1, -0.05) is 78.9 Å². The number of rotatable bonds is 1. The van der Waals surface area contributed by atoms with Gasteiger partial charge >= 0.3 is 0 Å². The Labute approximate surface area is 223 Å². The van der Waals surface area contributed by atoms with Crippen molar-refractivity contribution in [2.75, 3.05) is 7.11 Å². The normalized spacial score (nSPS) is 13.4. The van der Waals surface area contributed by atoms with E-state index in [9.17, 15) is 0 Å². The molecule has 0 spiro atoms. The molecule has 0 aliphatic carbocycles. The molecule has 7 rings (SSSR count). The Morgan fingerprint density at radius 3 is 2.11 bits per heavy atom. The summed E-state index contributed by atoms with van der Waals surface area (Å²) in [7, 11) is 0.238. The first-order chi connectivity index (χ1) is 17.3. The Bertz CT molecular complexity index is 1470. The van der Waals surface area contributed by atoms with Crippen LogP contribution in [0.3, 0.4) is 0 Å². The number of aromatic nitrogens is 1. The maximum absolute atomic E-state index is 8.00. The van der Waals surface area contributed by atoms with Crippen LogP contribution in [0, 0.1) is 6.07 Å². The Morgan fingerprint density at radius 2 is 1.39 bits per heavy atom. The Balaban J connectivity index is 0.000000582. The molecule has 1 atom stereocenters. The molecule has 4 aromatic carbocycles. The van der Waals surface area contributed by atoms with Crippen LogP contribution in [-0.4, -0.2) is 24.0 Å². The number of carbonyl (C=O) groups is 1. The number of para-hydroxylation sites is 3. The number of aliphatic hydroxyl groups excluding tert-OH is 1. The molecule has 0 bridgehead atoms. The third kappa shape index (κ3) is 4.34. The molecule has 1 radical (unpaired) electrons. The number of hydrogen-bond donors (Lipinski definition) is 1. The summed E-state index contributed by atoms with van der Waals surface area (Å²) in [5.74, 6) is 3.37. The fraction of sp³-hybridized carbons (Fsp3) is 0.0345. The average molecular weight is 671 g/mol. The van der Waals surface area contributed by atoms with Gasteiger partial charge in [-0.25, -0.2) is 0 Å². The van der Waals surface area contributed by atoms with Gasteiger partial charge in [-0.2, -0.15) is 0 Å². The number of benzene rings is 4. The molecule has 5 nitrogen and oxygen atoms in total. The maximum atomic E-state index is 8.00. The summed E-state index contributed by atoms with van der Waals surface area (Å²) in [5.41, 5.74) is 2.68. The van der Waals surface area contributed by atoms with E-state index in [1.807, 2.05) is 55.3 Å². The third-order valence-corrected chi connectivity index (χ3v) is 8.29. The van der Waals surface area contributed by atoms with E-state index in [1.54, 1.807) is 0 Å². The van der Waals surface area contributed by atoms with Crippen LogP contribution in [0.1, 0.15) is 0 Å². The number of pyridine rings is 1. The van der Waals surface area contributed by atoms with Gasteiger partial charge in [-0.05, 0) is 42.5 Å². The summed E-state index contributed by atoms with van der Waals surface area (Å²) in [6, 6.07) is 34.4. The molecule has 1 N–H and O–H groups in total. The largest absolute Gasteiger partial charge is 0.476 e. The van der Waals surface area contributed by atoms with Crippen LogP contribution in [0.25, 0.3) is 22.2 Å². The van der Waals surface area contributed by atoms with Gasteiger partial charge in [0.25, 0.3) is 0 Å². The molecule has 36 heavy (non-hydrogen) atoms. The first-order valence-corrected chi connectivity index (χ1v) is 12.2. The van der Waals surface area contributed by atoms with E-state index in [-0.39, 0.29) is 20.1 Å². The quantitative estimate of drug-likeness (QED) is 0.195. The molecule has 5 aromatic rings. The van der Waals surface area contributed by atoms with Crippen LogP contribution in [0.2, 0.25) is 0 Å². The molecule has 0 fully saturated rings. The van der Waals surface area contributed by atoms with Crippen LogP contribution in [0.15, 0.2) is 91.0 Å².